The summed E-state index contributed by atoms with van der Waals surface area (Å²) < 4.78 is 0. The van der Waals surface area contributed by atoms with E-state index < -0.39 is 0 Å². The summed E-state index contributed by atoms with van der Waals surface area (Å²) in [4.78, 5) is 9.50. The molecule has 1 aromatic rings. The lowest BCUT2D eigenvalue weighted by Crippen LogP contribution is -2.18. The number of hydrogen-bond acceptors (Lipinski definition) is 2. The third-order valence-electron chi connectivity index (χ3n) is 8.17. The highest BCUT2D eigenvalue weighted by Crippen LogP contribution is 2.39. The maximum Gasteiger partial charge on any atom is 0.131 e. The molecule has 0 atom stereocenters. The maximum atomic E-state index is 4.75. The normalized spacial score (nSPS) is 27.3. The van der Waals surface area contributed by atoms with Gasteiger partial charge in [-0.1, -0.05) is 90.9 Å². The van der Waals surface area contributed by atoms with Gasteiger partial charge in [0.1, 0.15) is 5.82 Å². The number of unbranched alkanes of at least 4 members (excludes halogenated alkanes) is 4. The van der Waals surface area contributed by atoms with Crippen molar-refractivity contribution >= 4 is 0 Å². The van der Waals surface area contributed by atoms with Gasteiger partial charge in [-0.25, -0.2) is 9.97 Å². The predicted octanol–water partition coefficient (Wildman–Crippen LogP) is 8.65. The Kier molecular flexibility index (Phi) is 10.7. The first-order chi connectivity index (χ1) is 14.8. The smallest absolute Gasteiger partial charge is 0.131 e. The van der Waals surface area contributed by atoms with E-state index in [0.717, 1.165) is 30.0 Å². The molecule has 0 N–H and O–H groups in total. The largest absolute Gasteiger partial charge is 0.241 e. The second kappa shape index (κ2) is 13.5. The third-order valence-corrected chi connectivity index (χ3v) is 8.17. The van der Waals surface area contributed by atoms with Gasteiger partial charge in [-0.05, 0) is 61.8 Å². The highest BCUT2D eigenvalue weighted by molar-refractivity contribution is 5.08. The van der Waals surface area contributed by atoms with Crippen LogP contribution < -0.4 is 0 Å². The molecule has 2 aliphatic carbocycles. The predicted molar refractivity (Wildman–Crippen MR) is 129 cm³/mol. The fourth-order valence-corrected chi connectivity index (χ4v) is 5.96. The first kappa shape index (κ1) is 23.7. The highest BCUT2D eigenvalue weighted by Gasteiger charge is 2.26. The Morgan fingerprint density at radius 2 is 1.13 bits per heavy atom. The first-order valence-corrected chi connectivity index (χ1v) is 13.6. The molecule has 0 aromatic carbocycles. The molecule has 2 saturated carbocycles. The fraction of sp³-hybridized carbons (Fsp3) is 0.857. The van der Waals surface area contributed by atoms with E-state index in [1.807, 2.05) is 0 Å². The Morgan fingerprint density at radius 1 is 0.633 bits per heavy atom. The van der Waals surface area contributed by atoms with Gasteiger partial charge in [0.15, 0.2) is 0 Å². The Bertz CT molecular complexity index is 551. The van der Waals surface area contributed by atoms with Crippen LogP contribution in [0.3, 0.4) is 0 Å². The summed E-state index contributed by atoms with van der Waals surface area (Å²) in [6, 6.07) is 0. The summed E-state index contributed by atoms with van der Waals surface area (Å²) in [7, 11) is 0. The van der Waals surface area contributed by atoms with Crippen molar-refractivity contribution in [1.29, 1.82) is 0 Å². The highest BCUT2D eigenvalue weighted by atomic mass is 14.9. The molecule has 1 heterocycles. The zero-order chi connectivity index (χ0) is 21.0. The molecule has 0 unspecified atom stereocenters. The summed E-state index contributed by atoms with van der Waals surface area (Å²) in [5.74, 6) is 4.80. The quantitative estimate of drug-likeness (QED) is 0.321. The van der Waals surface area contributed by atoms with Gasteiger partial charge in [-0.15, -0.1) is 0 Å². The van der Waals surface area contributed by atoms with Crippen LogP contribution >= 0.6 is 0 Å². The van der Waals surface area contributed by atoms with Crippen molar-refractivity contribution in [3.8, 4) is 0 Å². The van der Waals surface area contributed by atoms with Crippen molar-refractivity contribution in [2.24, 2.45) is 17.8 Å². The lowest BCUT2D eigenvalue weighted by Gasteiger charge is -2.31. The second-order valence-corrected chi connectivity index (χ2v) is 10.6. The number of aromatic nitrogens is 2. The summed E-state index contributed by atoms with van der Waals surface area (Å²) >= 11 is 0. The lowest BCUT2D eigenvalue weighted by atomic mass is 9.74. The van der Waals surface area contributed by atoms with Crippen LogP contribution in [0.5, 0.6) is 0 Å². The average molecular weight is 413 g/mol. The molecule has 2 nitrogen and oxygen atoms in total. The Labute approximate surface area is 187 Å². The van der Waals surface area contributed by atoms with Crippen LogP contribution in [0.2, 0.25) is 0 Å². The monoisotopic (exact) mass is 412 g/mol. The minimum Gasteiger partial charge on any atom is -0.241 e. The van der Waals surface area contributed by atoms with E-state index in [0.29, 0.717) is 5.92 Å². The first-order valence-electron chi connectivity index (χ1n) is 13.6. The van der Waals surface area contributed by atoms with Gasteiger partial charge < -0.3 is 0 Å². The Balaban J connectivity index is 1.29. The van der Waals surface area contributed by atoms with Gasteiger partial charge in [-0.2, -0.15) is 0 Å². The average Bonchev–Trinajstić information content (AvgIpc) is 2.80. The topological polar surface area (TPSA) is 25.8 Å². The van der Waals surface area contributed by atoms with Crippen LogP contribution in [-0.4, -0.2) is 9.97 Å². The number of rotatable bonds is 12. The molecule has 0 radical (unpaired) electrons. The van der Waals surface area contributed by atoms with Crippen LogP contribution in [-0.2, 0) is 6.42 Å². The summed E-state index contributed by atoms with van der Waals surface area (Å²) in [6.07, 6.45) is 29.5. The van der Waals surface area contributed by atoms with E-state index in [-0.39, 0.29) is 0 Å². The zero-order valence-electron chi connectivity index (χ0n) is 20.1. The molecule has 2 aliphatic rings. The van der Waals surface area contributed by atoms with E-state index in [1.165, 1.54) is 115 Å². The van der Waals surface area contributed by atoms with Gasteiger partial charge in [0.25, 0.3) is 0 Å². The Hall–Kier alpha value is -0.920. The van der Waals surface area contributed by atoms with Crippen LogP contribution in [0, 0.1) is 17.8 Å². The summed E-state index contributed by atoms with van der Waals surface area (Å²) in [5, 5.41) is 0. The fourth-order valence-electron chi connectivity index (χ4n) is 5.96. The molecule has 30 heavy (non-hydrogen) atoms. The maximum absolute atomic E-state index is 4.75. The minimum atomic E-state index is 0.615. The molecule has 3 rings (SSSR count). The van der Waals surface area contributed by atoms with E-state index in [4.69, 9.17) is 9.97 Å². The van der Waals surface area contributed by atoms with E-state index in [2.05, 4.69) is 26.2 Å². The molecule has 0 aliphatic heterocycles. The molecule has 1 aromatic heterocycles. The SMILES string of the molecule is CCCCCc1cnc(C2CCC(CCC3CCC(CCCCC)CC3)CC2)nc1. The van der Waals surface area contributed by atoms with E-state index >= 15 is 0 Å². The summed E-state index contributed by atoms with van der Waals surface area (Å²) in [6.45, 7) is 4.58. The number of aryl methyl sites for hydroxylation is 1. The Morgan fingerprint density at radius 3 is 1.70 bits per heavy atom. The van der Waals surface area contributed by atoms with Crippen molar-refractivity contribution in [3.05, 3.63) is 23.8 Å². The van der Waals surface area contributed by atoms with Crippen molar-refractivity contribution in [2.75, 3.05) is 0 Å². The molecule has 0 saturated heterocycles. The van der Waals surface area contributed by atoms with E-state index in [9.17, 15) is 0 Å². The molecule has 170 valence electrons. The minimum absolute atomic E-state index is 0.615. The molecule has 2 fully saturated rings. The van der Waals surface area contributed by atoms with Crippen LogP contribution in [0.4, 0.5) is 0 Å². The van der Waals surface area contributed by atoms with Crippen LogP contribution in [0.1, 0.15) is 140 Å². The van der Waals surface area contributed by atoms with Crippen molar-refractivity contribution < 1.29 is 0 Å². The van der Waals surface area contributed by atoms with Crippen molar-refractivity contribution in [1.82, 2.24) is 9.97 Å². The van der Waals surface area contributed by atoms with Crippen molar-refractivity contribution in [2.45, 2.75) is 135 Å². The number of nitrogens with zero attached hydrogens (tertiary/aromatic N) is 2. The van der Waals surface area contributed by atoms with E-state index in [1.54, 1.807) is 0 Å². The molecule has 0 spiro atoms. The van der Waals surface area contributed by atoms with Gasteiger partial charge in [0.05, 0.1) is 0 Å². The van der Waals surface area contributed by atoms with Crippen molar-refractivity contribution in [3.63, 3.8) is 0 Å². The lowest BCUT2D eigenvalue weighted by molar-refractivity contribution is 0.221. The van der Waals surface area contributed by atoms with Gasteiger partial charge in [-0.3, -0.25) is 0 Å². The molecular weight excluding hydrogens is 364 g/mol. The number of hydrogen-bond donors (Lipinski definition) is 0. The molecule has 0 amide bonds. The molecular formula is C28H48N2. The van der Waals surface area contributed by atoms with Gasteiger partial charge in [0.2, 0.25) is 0 Å². The van der Waals surface area contributed by atoms with Gasteiger partial charge in [0, 0.05) is 18.3 Å². The second-order valence-electron chi connectivity index (χ2n) is 10.6. The van der Waals surface area contributed by atoms with Crippen LogP contribution in [0.25, 0.3) is 0 Å². The molecule has 2 heteroatoms. The standard InChI is InChI=1S/C28H48N2/c1-3-5-7-9-23-11-13-24(14-12-23)15-16-25-17-19-27(20-18-25)28-29-21-26(22-30-28)10-8-6-4-2/h21-25,27H,3-20H2,1-2H3. The zero-order valence-corrected chi connectivity index (χ0v) is 20.1. The third kappa shape index (κ3) is 7.97. The molecule has 0 bridgehead atoms. The van der Waals surface area contributed by atoms with Crippen LogP contribution in [0.15, 0.2) is 12.4 Å². The van der Waals surface area contributed by atoms with Gasteiger partial charge >= 0.3 is 0 Å². The summed E-state index contributed by atoms with van der Waals surface area (Å²) in [5.41, 5.74) is 1.32.